The molecule has 0 fully saturated rings. The fourth-order valence-electron chi connectivity index (χ4n) is 1.30. The summed E-state index contributed by atoms with van der Waals surface area (Å²) < 4.78 is 0. The number of amides is 1. The fraction of sp³-hybridized carbons (Fsp3) is 0.538. The molecule has 0 spiro atoms. The van der Waals surface area contributed by atoms with Crippen LogP contribution in [0.2, 0.25) is 0 Å². The van der Waals surface area contributed by atoms with Gasteiger partial charge in [-0.1, -0.05) is 13.8 Å². The van der Waals surface area contributed by atoms with Crippen molar-refractivity contribution in [1.29, 1.82) is 0 Å². The number of rotatable bonds is 5. The average molecular weight is 250 g/mol. The van der Waals surface area contributed by atoms with Crippen LogP contribution in [0.1, 0.15) is 24.3 Å². The van der Waals surface area contributed by atoms with Crippen molar-refractivity contribution in [3.05, 3.63) is 24.0 Å². The van der Waals surface area contributed by atoms with E-state index in [1.165, 1.54) is 4.90 Å². The van der Waals surface area contributed by atoms with Crippen molar-refractivity contribution >= 4 is 11.6 Å². The minimum absolute atomic E-state index is 0.0228. The third kappa shape index (κ3) is 4.00. The molecule has 1 aromatic rings. The van der Waals surface area contributed by atoms with Gasteiger partial charge in [0.25, 0.3) is 5.91 Å². The van der Waals surface area contributed by atoms with Gasteiger partial charge < -0.3 is 16.0 Å². The predicted octanol–water partition coefficient (Wildman–Crippen LogP) is 1.18. The van der Waals surface area contributed by atoms with Crippen LogP contribution < -0.4 is 11.1 Å². The average Bonchev–Trinajstić information content (AvgIpc) is 2.36. The van der Waals surface area contributed by atoms with E-state index in [1.807, 2.05) is 6.07 Å². The first kappa shape index (κ1) is 14.4. The van der Waals surface area contributed by atoms with Gasteiger partial charge in [0.1, 0.15) is 5.69 Å². The minimum atomic E-state index is -0.100. The summed E-state index contributed by atoms with van der Waals surface area (Å²) in [6, 6.07) is 3.61. The molecule has 5 heteroatoms. The van der Waals surface area contributed by atoms with Gasteiger partial charge in [0, 0.05) is 32.5 Å². The topological polar surface area (TPSA) is 71.2 Å². The molecule has 1 rings (SSSR count). The lowest BCUT2D eigenvalue weighted by molar-refractivity contribution is 0.0822. The highest BCUT2D eigenvalue weighted by Gasteiger charge is 2.15. The monoisotopic (exact) mass is 250 g/mol. The standard InChI is InChI=1S/C13H22N4O/c1-13(2,8-14)9-16-10-5-6-15-11(7-10)12(18)17(3)4/h5-7H,8-9,14H2,1-4H3,(H,15,16). The molecule has 0 unspecified atom stereocenters. The van der Waals surface area contributed by atoms with Gasteiger partial charge in [-0.3, -0.25) is 9.78 Å². The summed E-state index contributed by atoms with van der Waals surface area (Å²) in [5.74, 6) is -0.100. The fourth-order valence-corrected chi connectivity index (χ4v) is 1.30. The van der Waals surface area contributed by atoms with Crippen LogP contribution in [0.15, 0.2) is 18.3 Å². The van der Waals surface area contributed by atoms with Crippen LogP contribution in [-0.4, -0.2) is 43.0 Å². The van der Waals surface area contributed by atoms with Gasteiger partial charge in [-0.15, -0.1) is 0 Å². The van der Waals surface area contributed by atoms with Crippen LogP contribution in [0.25, 0.3) is 0 Å². The Labute approximate surface area is 108 Å². The highest BCUT2D eigenvalue weighted by atomic mass is 16.2. The number of nitrogens with zero attached hydrogens (tertiary/aromatic N) is 2. The van der Waals surface area contributed by atoms with Crippen LogP contribution in [-0.2, 0) is 0 Å². The maximum absolute atomic E-state index is 11.8. The molecule has 0 atom stereocenters. The molecular weight excluding hydrogens is 228 g/mol. The first-order chi connectivity index (χ1) is 8.35. The van der Waals surface area contributed by atoms with E-state index < -0.39 is 0 Å². The van der Waals surface area contributed by atoms with Crippen molar-refractivity contribution in [2.75, 3.05) is 32.5 Å². The van der Waals surface area contributed by atoms with Crippen molar-refractivity contribution in [2.24, 2.45) is 11.1 Å². The molecule has 18 heavy (non-hydrogen) atoms. The molecule has 0 radical (unpaired) electrons. The van der Waals surface area contributed by atoms with E-state index in [2.05, 4.69) is 24.1 Å². The Morgan fingerprint density at radius 2 is 2.17 bits per heavy atom. The maximum Gasteiger partial charge on any atom is 0.272 e. The Kier molecular flexibility index (Phi) is 4.67. The van der Waals surface area contributed by atoms with Crippen molar-refractivity contribution in [3.63, 3.8) is 0 Å². The van der Waals surface area contributed by atoms with E-state index in [9.17, 15) is 4.79 Å². The zero-order valence-electron chi connectivity index (χ0n) is 11.5. The number of anilines is 1. The van der Waals surface area contributed by atoms with Crippen LogP contribution in [0, 0.1) is 5.41 Å². The SMILES string of the molecule is CN(C)C(=O)c1cc(NCC(C)(C)CN)ccn1. The number of hydrogen-bond donors (Lipinski definition) is 2. The molecule has 100 valence electrons. The van der Waals surface area contributed by atoms with Gasteiger partial charge in [0.15, 0.2) is 0 Å². The lowest BCUT2D eigenvalue weighted by Crippen LogP contribution is -2.31. The number of aromatic nitrogens is 1. The van der Waals surface area contributed by atoms with E-state index >= 15 is 0 Å². The Morgan fingerprint density at radius 1 is 1.50 bits per heavy atom. The van der Waals surface area contributed by atoms with Gasteiger partial charge in [0.2, 0.25) is 0 Å². The molecule has 0 bridgehead atoms. The summed E-state index contributed by atoms with van der Waals surface area (Å²) >= 11 is 0. The molecule has 0 aliphatic heterocycles. The van der Waals surface area contributed by atoms with Gasteiger partial charge >= 0.3 is 0 Å². The summed E-state index contributed by atoms with van der Waals surface area (Å²) in [6.07, 6.45) is 1.63. The third-order valence-corrected chi connectivity index (χ3v) is 2.71. The predicted molar refractivity (Wildman–Crippen MR) is 73.6 cm³/mol. The van der Waals surface area contributed by atoms with Crippen LogP contribution in [0.4, 0.5) is 5.69 Å². The highest BCUT2D eigenvalue weighted by Crippen LogP contribution is 2.15. The normalized spacial score (nSPS) is 11.2. The van der Waals surface area contributed by atoms with Gasteiger partial charge in [-0.25, -0.2) is 0 Å². The number of carbonyl (C=O) groups excluding carboxylic acids is 1. The Balaban J connectivity index is 2.74. The summed E-state index contributed by atoms with van der Waals surface area (Å²) in [4.78, 5) is 17.3. The lowest BCUT2D eigenvalue weighted by atomic mass is 9.94. The molecule has 0 saturated heterocycles. The Bertz CT molecular complexity index is 415. The molecule has 1 amide bonds. The van der Waals surface area contributed by atoms with E-state index in [0.29, 0.717) is 12.2 Å². The van der Waals surface area contributed by atoms with Crippen molar-refractivity contribution in [2.45, 2.75) is 13.8 Å². The van der Waals surface area contributed by atoms with Crippen LogP contribution in [0.5, 0.6) is 0 Å². The molecule has 0 aromatic carbocycles. The van der Waals surface area contributed by atoms with E-state index in [0.717, 1.165) is 12.2 Å². The number of nitrogens with two attached hydrogens (primary N) is 1. The molecule has 0 aliphatic carbocycles. The largest absolute Gasteiger partial charge is 0.384 e. The number of nitrogens with one attached hydrogen (secondary N) is 1. The second kappa shape index (κ2) is 5.82. The lowest BCUT2D eigenvalue weighted by Gasteiger charge is -2.23. The van der Waals surface area contributed by atoms with E-state index in [1.54, 1.807) is 26.4 Å². The summed E-state index contributed by atoms with van der Waals surface area (Å²) in [6.45, 7) is 5.54. The molecule has 5 nitrogen and oxygen atoms in total. The van der Waals surface area contributed by atoms with Gasteiger partial charge in [-0.2, -0.15) is 0 Å². The smallest absolute Gasteiger partial charge is 0.272 e. The van der Waals surface area contributed by atoms with Gasteiger partial charge in [0.05, 0.1) is 0 Å². The second-order valence-corrected chi connectivity index (χ2v) is 5.35. The summed E-state index contributed by atoms with van der Waals surface area (Å²) in [7, 11) is 3.42. The van der Waals surface area contributed by atoms with Gasteiger partial charge in [-0.05, 0) is 24.1 Å². The Hall–Kier alpha value is -1.62. The van der Waals surface area contributed by atoms with Crippen molar-refractivity contribution in [1.82, 2.24) is 9.88 Å². The summed E-state index contributed by atoms with van der Waals surface area (Å²) in [5.41, 5.74) is 7.02. The number of pyridine rings is 1. The zero-order valence-corrected chi connectivity index (χ0v) is 11.5. The highest BCUT2D eigenvalue weighted by molar-refractivity contribution is 5.92. The minimum Gasteiger partial charge on any atom is -0.384 e. The third-order valence-electron chi connectivity index (χ3n) is 2.71. The first-order valence-corrected chi connectivity index (χ1v) is 5.97. The van der Waals surface area contributed by atoms with E-state index in [4.69, 9.17) is 5.73 Å². The number of carbonyl (C=O) groups is 1. The first-order valence-electron chi connectivity index (χ1n) is 5.97. The molecular formula is C13H22N4O. The molecule has 0 saturated carbocycles. The number of hydrogen-bond acceptors (Lipinski definition) is 4. The van der Waals surface area contributed by atoms with E-state index in [-0.39, 0.29) is 11.3 Å². The molecule has 1 aromatic heterocycles. The molecule has 3 N–H and O–H groups in total. The van der Waals surface area contributed by atoms with Crippen molar-refractivity contribution in [3.8, 4) is 0 Å². The van der Waals surface area contributed by atoms with Crippen molar-refractivity contribution < 1.29 is 4.79 Å². The van der Waals surface area contributed by atoms with Crippen LogP contribution in [0.3, 0.4) is 0 Å². The molecule has 1 heterocycles. The Morgan fingerprint density at radius 3 is 2.72 bits per heavy atom. The second-order valence-electron chi connectivity index (χ2n) is 5.35. The van der Waals surface area contributed by atoms with Crippen LogP contribution >= 0.6 is 0 Å². The quantitative estimate of drug-likeness (QED) is 0.823. The zero-order chi connectivity index (χ0) is 13.8. The maximum atomic E-state index is 11.8. The molecule has 0 aliphatic rings. The summed E-state index contributed by atoms with van der Waals surface area (Å²) in [5, 5.41) is 3.28.